The van der Waals surface area contributed by atoms with Crippen LogP contribution in [0.2, 0.25) is 0 Å². The summed E-state index contributed by atoms with van der Waals surface area (Å²) in [6.45, 7) is 0. The molecule has 0 spiro atoms. The number of thiol groups is 1. The van der Waals surface area contributed by atoms with E-state index in [0.717, 1.165) is 0 Å². The molecule has 0 unspecified atom stereocenters. The smallest absolute Gasteiger partial charge is 0.261 e. The second-order valence-electron chi connectivity index (χ2n) is 4.00. The Morgan fingerprint density at radius 1 is 1.11 bits per heavy atom. The molecule has 0 aromatic heterocycles. The summed E-state index contributed by atoms with van der Waals surface area (Å²) < 4.78 is 26.4. The number of hydrogen-bond acceptors (Lipinski definition) is 2. The Morgan fingerprint density at radius 3 is 2.37 bits per heavy atom. The van der Waals surface area contributed by atoms with Crippen LogP contribution in [0.4, 0.5) is 14.5 Å². The molecule has 1 amide bonds. The van der Waals surface area contributed by atoms with E-state index in [1.165, 1.54) is 54.4 Å². The van der Waals surface area contributed by atoms with Gasteiger partial charge in [-0.2, -0.15) is 0 Å². The van der Waals surface area contributed by atoms with Gasteiger partial charge < -0.3 is 4.90 Å². The number of carbonyl (C=O) groups excluding carboxylic acids is 1. The molecule has 0 N–H and O–H groups in total. The van der Waals surface area contributed by atoms with Crippen molar-refractivity contribution in [3.8, 4) is 0 Å². The Balaban J connectivity index is 2.33. The predicted octanol–water partition coefficient (Wildman–Crippen LogP) is 3.53. The van der Waals surface area contributed by atoms with Gasteiger partial charge in [-0.05, 0) is 42.5 Å². The maximum atomic E-state index is 13.6. The number of anilines is 1. The van der Waals surface area contributed by atoms with Gasteiger partial charge in [-0.3, -0.25) is 4.79 Å². The van der Waals surface area contributed by atoms with Crippen molar-refractivity contribution in [2.75, 3.05) is 11.9 Å². The quantitative estimate of drug-likeness (QED) is 0.834. The number of nitrogens with zero attached hydrogens (tertiary/aromatic N) is 1. The first-order valence-electron chi connectivity index (χ1n) is 5.51. The van der Waals surface area contributed by atoms with Crippen molar-refractivity contribution in [3.63, 3.8) is 0 Å². The highest BCUT2D eigenvalue weighted by Gasteiger charge is 2.17. The van der Waals surface area contributed by atoms with Gasteiger partial charge >= 0.3 is 0 Å². The second-order valence-corrected chi connectivity index (χ2v) is 4.52. The molecule has 2 nitrogen and oxygen atoms in total. The normalized spacial score (nSPS) is 10.3. The Labute approximate surface area is 115 Å². The van der Waals surface area contributed by atoms with Crippen molar-refractivity contribution < 1.29 is 13.6 Å². The third kappa shape index (κ3) is 2.93. The molecule has 0 heterocycles. The summed E-state index contributed by atoms with van der Waals surface area (Å²) in [6.07, 6.45) is 0. The molecule has 0 saturated heterocycles. The van der Waals surface area contributed by atoms with Crippen molar-refractivity contribution >= 4 is 24.2 Å². The lowest BCUT2D eigenvalue weighted by atomic mass is 10.1. The highest BCUT2D eigenvalue weighted by atomic mass is 32.1. The fraction of sp³-hybridized carbons (Fsp3) is 0.0714. The van der Waals surface area contributed by atoms with Gasteiger partial charge in [0, 0.05) is 17.6 Å². The Bertz CT molecular complexity index is 613. The van der Waals surface area contributed by atoms with Crippen LogP contribution < -0.4 is 4.90 Å². The molecule has 0 saturated carbocycles. The van der Waals surface area contributed by atoms with Crippen LogP contribution in [0.1, 0.15) is 10.4 Å². The summed E-state index contributed by atoms with van der Waals surface area (Å²) >= 11 is 4.08. The largest absolute Gasteiger partial charge is 0.311 e. The van der Waals surface area contributed by atoms with E-state index >= 15 is 0 Å². The van der Waals surface area contributed by atoms with Gasteiger partial charge in [-0.25, -0.2) is 8.78 Å². The molecule has 2 aromatic rings. The van der Waals surface area contributed by atoms with Crippen LogP contribution in [0.25, 0.3) is 0 Å². The van der Waals surface area contributed by atoms with Gasteiger partial charge in [0.15, 0.2) is 0 Å². The van der Waals surface area contributed by atoms with Crippen LogP contribution in [0, 0.1) is 11.6 Å². The zero-order chi connectivity index (χ0) is 14.0. The summed E-state index contributed by atoms with van der Waals surface area (Å²) in [4.78, 5) is 13.9. The highest BCUT2D eigenvalue weighted by Crippen LogP contribution is 2.19. The lowest BCUT2D eigenvalue weighted by Gasteiger charge is -2.17. The van der Waals surface area contributed by atoms with Gasteiger partial charge in [0.05, 0.1) is 5.56 Å². The van der Waals surface area contributed by atoms with Crippen molar-refractivity contribution in [2.45, 2.75) is 4.90 Å². The van der Waals surface area contributed by atoms with E-state index in [-0.39, 0.29) is 5.56 Å². The monoisotopic (exact) mass is 279 g/mol. The number of carbonyl (C=O) groups is 1. The molecule has 0 atom stereocenters. The molecule has 0 aliphatic carbocycles. The maximum Gasteiger partial charge on any atom is 0.261 e. The number of rotatable bonds is 2. The lowest BCUT2D eigenvalue weighted by molar-refractivity contribution is 0.0989. The maximum absolute atomic E-state index is 13.6. The van der Waals surface area contributed by atoms with Gasteiger partial charge in [0.1, 0.15) is 11.6 Å². The van der Waals surface area contributed by atoms with Crippen LogP contribution >= 0.6 is 12.6 Å². The highest BCUT2D eigenvalue weighted by molar-refractivity contribution is 7.80. The van der Waals surface area contributed by atoms with E-state index in [1.54, 1.807) is 0 Å². The Morgan fingerprint density at radius 2 is 1.74 bits per heavy atom. The van der Waals surface area contributed by atoms with E-state index in [0.29, 0.717) is 10.6 Å². The first kappa shape index (κ1) is 13.5. The molecule has 0 bridgehead atoms. The summed E-state index contributed by atoms with van der Waals surface area (Å²) in [7, 11) is 1.50. The van der Waals surface area contributed by atoms with Crippen LogP contribution in [0.15, 0.2) is 47.4 Å². The second kappa shape index (κ2) is 5.40. The van der Waals surface area contributed by atoms with E-state index in [4.69, 9.17) is 0 Å². The van der Waals surface area contributed by atoms with Crippen LogP contribution in [-0.4, -0.2) is 13.0 Å². The minimum absolute atomic E-state index is 0.0701. The standard InChI is InChI=1S/C14H11F2NOS/c1-17(10-4-2-9(15)3-5-10)14(18)12-8-11(19)6-7-13(12)16/h2-8,19H,1H3. The average Bonchev–Trinajstić information content (AvgIpc) is 2.41. The average molecular weight is 279 g/mol. The molecule has 2 aromatic carbocycles. The minimum Gasteiger partial charge on any atom is -0.311 e. The molecule has 98 valence electrons. The Hall–Kier alpha value is -1.88. The Kier molecular flexibility index (Phi) is 3.85. The molecular formula is C14H11F2NOS. The third-order valence-corrected chi connectivity index (χ3v) is 2.98. The van der Waals surface area contributed by atoms with Crippen molar-refractivity contribution in [1.82, 2.24) is 0 Å². The molecular weight excluding hydrogens is 268 g/mol. The van der Waals surface area contributed by atoms with E-state index in [2.05, 4.69) is 12.6 Å². The van der Waals surface area contributed by atoms with Gasteiger partial charge in [0.25, 0.3) is 5.91 Å². The molecule has 2 rings (SSSR count). The third-order valence-electron chi connectivity index (χ3n) is 2.70. The van der Waals surface area contributed by atoms with E-state index < -0.39 is 17.5 Å². The zero-order valence-corrected chi connectivity index (χ0v) is 11.0. The number of amides is 1. The van der Waals surface area contributed by atoms with Gasteiger partial charge in [-0.15, -0.1) is 12.6 Å². The van der Waals surface area contributed by atoms with Gasteiger partial charge in [0.2, 0.25) is 0 Å². The summed E-state index contributed by atoms with van der Waals surface area (Å²) in [5.41, 5.74) is 0.412. The van der Waals surface area contributed by atoms with E-state index in [1.807, 2.05) is 0 Å². The lowest BCUT2D eigenvalue weighted by Crippen LogP contribution is -2.27. The number of hydrogen-bond donors (Lipinski definition) is 1. The number of halogens is 2. The van der Waals surface area contributed by atoms with Crippen molar-refractivity contribution in [3.05, 3.63) is 59.7 Å². The van der Waals surface area contributed by atoms with Crippen molar-refractivity contribution in [1.29, 1.82) is 0 Å². The topological polar surface area (TPSA) is 20.3 Å². The van der Waals surface area contributed by atoms with E-state index in [9.17, 15) is 13.6 Å². The first-order chi connectivity index (χ1) is 8.99. The van der Waals surface area contributed by atoms with Crippen LogP contribution in [0.5, 0.6) is 0 Å². The SMILES string of the molecule is CN(C(=O)c1cc(S)ccc1F)c1ccc(F)cc1. The zero-order valence-electron chi connectivity index (χ0n) is 10.1. The van der Waals surface area contributed by atoms with Crippen LogP contribution in [-0.2, 0) is 0 Å². The molecule has 0 radical (unpaired) electrons. The summed E-state index contributed by atoms with van der Waals surface area (Å²) in [5.74, 6) is -1.52. The summed E-state index contributed by atoms with van der Waals surface area (Å²) in [6, 6.07) is 9.41. The minimum atomic E-state index is -0.614. The summed E-state index contributed by atoms with van der Waals surface area (Å²) in [5, 5.41) is 0. The fourth-order valence-electron chi connectivity index (χ4n) is 1.64. The van der Waals surface area contributed by atoms with Gasteiger partial charge in [-0.1, -0.05) is 0 Å². The molecule has 5 heteroatoms. The molecule has 0 aliphatic heterocycles. The first-order valence-corrected chi connectivity index (χ1v) is 5.96. The predicted molar refractivity (Wildman–Crippen MR) is 72.8 cm³/mol. The number of benzene rings is 2. The fourth-order valence-corrected chi connectivity index (χ4v) is 1.84. The molecule has 19 heavy (non-hydrogen) atoms. The van der Waals surface area contributed by atoms with Crippen molar-refractivity contribution in [2.24, 2.45) is 0 Å². The molecule has 0 fully saturated rings. The molecule has 0 aliphatic rings. The van der Waals surface area contributed by atoms with Crippen LogP contribution in [0.3, 0.4) is 0 Å².